The van der Waals surface area contributed by atoms with E-state index in [0.717, 1.165) is 69.6 Å². The number of fused-ring (bicyclic) bond motifs is 1. The smallest absolute Gasteiger partial charge is 0.205 e. The summed E-state index contributed by atoms with van der Waals surface area (Å²) in [6.07, 6.45) is 2.97. The Balaban J connectivity index is 1.31. The Morgan fingerprint density at radius 3 is 2.37 bits per heavy atom. The first-order valence-corrected chi connectivity index (χ1v) is 16.0. The minimum absolute atomic E-state index is 0.189. The van der Waals surface area contributed by atoms with Crippen LogP contribution in [0.25, 0.3) is 33.5 Å². The van der Waals surface area contributed by atoms with Crippen LogP contribution in [0.3, 0.4) is 0 Å². The number of tetrazole rings is 1. The summed E-state index contributed by atoms with van der Waals surface area (Å²) in [6.45, 7) is 4.85. The van der Waals surface area contributed by atoms with Gasteiger partial charge in [0.15, 0.2) is 9.84 Å². The molecule has 0 bridgehead atoms. The van der Waals surface area contributed by atoms with Crippen LogP contribution in [-0.4, -0.2) is 44.5 Å². The molecule has 0 unspecified atom stereocenters. The number of aromatic nitrogens is 6. The summed E-state index contributed by atoms with van der Waals surface area (Å²) in [5, 5.41) is 17.7. The first-order valence-electron chi connectivity index (χ1n) is 14.4. The van der Waals surface area contributed by atoms with Crippen LogP contribution in [0.15, 0.2) is 95.9 Å². The third kappa shape index (κ3) is 6.05. The first-order chi connectivity index (χ1) is 20.9. The molecular weight excluding hydrogens is 558 g/mol. The fraction of sp³-hybridized carbons (Fsp3) is 0.212. The predicted octanol–water partition coefficient (Wildman–Crippen LogP) is 6.43. The van der Waals surface area contributed by atoms with Crippen LogP contribution in [0.5, 0.6) is 0 Å². The molecule has 0 aliphatic rings. The van der Waals surface area contributed by atoms with Crippen LogP contribution in [-0.2, 0) is 22.8 Å². The standard InChI is InChI=1S/C33H33N7O2S/c1-3-4-14-31-35-32-23(2)19-26(34-22-43(41,42)27-10-6-5-7-11-27)20-30(32)40(31)21-24-15-17-25(18-16-24)28-12-8-9-13-29(28)33-36-38-39-37-33/h5-13,15-20,34H,3-4,14,21-22H2,1-2H3,(H,36,37,38,39). The Hall–Kier alpha value is -4.83. The van der Waals surface area contributed by atoms with Gasteiger partial charge in [-0.25, -0.2) is 13.4 Å². The molecule has 0 spiro atoms. The topological polar surface area (TPSA) is 118 Å². The van der Waals surface area contributed by atoms with Crippen LogP contribution in [0.4, 0.5) is 5.69 Å². The van der Waals surface area contributed by atoms with Gasteiger partial charge in [0, 0.05) is 24.2 Å². The molecule has 0 aliphatic carbocycles. The summed E-state index contributed by atoms with van der Waals surface area (Å²) in [7, 11) is -3.48. The van der Waals surface area contributed by atoms with E-state index in [9.17, 15) is 8.42 Å². The lowest BCUT2D eigenvalue weighted by molar-refractivity contribution is 0.598. The SMILES string of the molecule is CCCCc1nc2c(C)cc(NCS(=O)(=O)c3ccccc3)cc2n1Cc1ccc(-c2ccccc2-c2nn[nH]n2)cc1. The highest BCUT2D eigenvalue weighted by atomic mass is 32.2. The van der Waals surface area contributed by atoms with Gasteiger partial charge in [0.25, 0.3) is 0 Å². The van der Waals surface area contributed by atoms with E-state index in [1.807, 2.05) is 43.3 Å². The Bertz CT molecular complexity index is 1950. The average molecular weight is 592 g/mol. The molecule has 10 heteroatoms. The molecule has 2 N–H and O–H groups in total. The summed E-state index contributed by atoms with van der Waals surface area (Å²) < 4.78 is 28.1. The van der Waals surface area contributed by atoms with Crippen molar-refractivity contribution in [3.05, 3.63) is 108 Å². The third-order valence-corrected chi connectivity index (χ3v) is 9.08. The second-order valence-corrected chi connectivity index (χ2v) is 12.6. The van der Waals surface area contributed by atoms with Crippen LogP contribution >= 0.6 is 0 Å². The maximum atomic E-state index is 12.9. The van der Waals surface area contributed by atoms with Crippen molar-refractivity contribution in [2.45, 2.75) is 44.6 Å². The van der Waals surface area contributed by atoms with Crippen LogP contribution in [0.2, 0.25) is 0 Å². The van der Waals surface area contributed by atoms with E-state index in [4.69, 9.17) is 4.98 Å². The number of anilines is 1. The number of unbranched alkanes of at least 4 members (excludes halogenated alkanes) is 1. The van der Waals surface area contributed by atoms with Gasteiger partial charge in [-0.2, -0.15) is 5.21 Å². The van der Waals surface area contributed by atoms with Crippen molar-refractivity contribution in [1.29, 1.82) is 0 Å². The second kappa shape index (κ2) is 12.2. The number of rotatable bonds is 11. The van der Waals surface area contributed by atoms with E-state index in [0.29, 0.717) is 17.3 Å². The molecule has 2 heterocycles. The monoisotopic (exact) mass is 591 g/mol. The van der Waals surface area contributed by atoms with Crippen molar-refractivity contribution in [1.82, 2.24) is 30.2 Å². The molecule has 0 radical (unpaired) electrons. The van der Waals surface area contributed by atoms with Gasteiger partial charge in [-0.15, -0.1) is 10.2 Å². The van der Waals surface area contributed by atoms with E-state index in [1.54, 1.807) is 24.3 Å². The van der Waals surface area contributed by atoms with Gasteiger partial charge < -0.3 is 9.88 Å². The molecule has 9 nitrogen and oxygen atoms in total. The van der Waals surface area contributed by atoms with E-state index in [-0.39, 0.29) is 5.88 Å². The van der Waals surface area contributed by atoms with Crippen molar-refractivity contribution in [2.24, 2.45) is 0 Å². The zero-order valence-electron chi connectivity index (χ0n) is 24.2. The maximum Gasteiger partial charge on any atom is 0.205 e. The molecule has 0 atom stereocenters. The lowest BCUT2D eigenvalue weighted by Crippen LogP contribution is -2.15. The molecule has 0 amide bonds. The van der Waals surface area contributed by atoms with Gasteiger partial charge in [0.05, 0.1) is 15.9 Å². The predicted molar refractivity (Wildman–Crippen MR) is 169 cm³/mol. The van der Waals surface area contributed by atoms with Crippen molar-refractivity contribution in [3.8, 4) is 22.5 Å². The number of nitrogens with one attached hydrogen (secondary N) is 2. The third-order valence-electron chi connectivity index (χ3n) is 7.57. The van der Waals surface area contributed by atoms with Gasteiger partial charge in [-0.1, -0.05) is 80.1 Å². The summed E-state index contributed by atoms with van der Waals surface area (Å²) in [4.78, 5) is 5.34. The van der Waals surface area contributed by atoms with Crippen molar-refractivity contribution < 1.29 is 8.42 Å². The fourth-order valence-electron chi connectivity index (χ4n) is 5.31. The number of nitrogens with zero attached hydrogens (tertiary/aromatic N) is 5. The molecule has 0 saturated carbocycles. The summed E-state index contributed by atoms with van der Waals surface area (Å²) in [5.41, 5.74) is 7.82. The summed E-state index contributed by atoms with van der Waals surface area (Å²) >= 11 is 0. The minimum Gasteiger partial charge on any atom is -0.371 e. The molecule has 4 aromatic carbocycles. The molecule has 2 aromatic heterocycles. The molecule has 0 fully saturated rings. The van der Waals surface area contributed by atoms with E-state index in [1.165, 1.54) is 0 Å². The second-order valence-electron chi connectivity index (χ2n) is 10.6. The molecule has 0 aliphatic heterocycles. The van der Waals surface area contributed by atoms with E-state index >= 15 is 0 Å². The largest absolute Gasteiger partial charge is 0.371 e. The number of hydrogen-bond acceptors (Lipinski definition) is 7. The van der Waals surface area contributed by atoms with E-state index in [2.05, 4.69) is 67.8 Å². The van der Waals surface area contributed by atoms with Crippen LogP contribution < -0.4 is 5.32 Å². The highest BCUT2D eigenvalue weighted by molar-refractivity contribution is 7.91. The molecular formula is C33H33N7O2S. The number of benzene rings is 4. The lowest BCUT2D eigenvalue weighted by Gasteiger charge is -2.13. The molecule has 6 aromatic rings. The van der Waals surface area contributed by atoms with Gasteiger partial charge in [0.2, 0.25) is 5.82 Å². The zero-order chi connectivity index (χ0) is 29.8. The van der Waals surface area contributed by atoms with Gasteiger partial charge >= 0.3 is 0 Å². The number of hydrogen-bond donors (Lipinski definition) is 2. The molecule has 6 rings (SSSR count). The lowest BCUT2D eigenvalue weighted by atomic mass is 9.98. The number of sulfone groups is 1. The highest BCUT2D eigenvalue weighted by Crippen LogP contribution is 2.31. The highest BCUT2D eigenvalue weighted by Gasteiger charge is 2.17. The number of aromatic amines is 1. The van der Waals surface area contributed by atoms with Gasteiger partial charge in [-0.05, 0) is 65.1 Å². The summed E-state index contributed by atoms with van der Waals surface area (Å²) in [5.74, 6) is 1.40. The van der Waals surface area contributed by atoms with Gasteiger partial charge in [0.1, 0.15) is 11.7 Å². The van der Waals surface area contributed by atoms with Crippen LogP contribution in [0.1, 0.15) is 36.7 Å². The number of aryl methyl sites for hydroxylation is 2. The Morgan fingerprint density at radius 1 is 0.907 bits per heavy atom. The number of imidazole rings is 1. The maximum absolute atomic E-state index is 12.9. The Labute approximate surface area is 250 Å². The fourth-order valence-corrected chi connectivity index (χ4v) is 6.41. The molecule has 43 heavy (non-hydrogen) atoms. The quantitative estimate of drug-likeness (QED) is 0.178. The van der Waals surface area contributed by atoms with Gasteiger partial charge in [-0.3, -0.25) is 0 Å². The Kier molecular flexibility index (Phi) is 8.02. The minimum atomic E-state index is -3.48. The Morgan fingerprint density at radius 2 is 1.65 bits per heavy atom. The van der Waals surface area contributed by atoms with Crippen molar-refractivity contribution >= 4 is 26.6 Å². The molecule has 0 saturated heterocycles. The number of H-pyrrole nitrogens is 1. The average Bonchev–Trinajstić information content (AvgIpc) is 3.69. The van der Waals surface area contributed by atoms with Crippen molar-refractivity contribution in [2.75, 3.05) is 11.2 Å². The normalized spacial score (nSPS) is 11.7. The first kappa shape index (κ1) is 28.3. The van der Waals surface area contributed by atoms with Crippen molar-refractivity contribution in [3.63, 3.8) is 0 Å². The van der Waals surface area contributed by atoms with E-state index < -0.39 is 9.84 Å². The zero-order valence-corrected chi connectivity index (χ0v) is 25.0. The molecule has 218 valence electrons. The summed E-state index contributed by atoms with van der Waals surface area (Å²) in [6, 6.07) is 29.0. The van der Waals surface area contributed by atoms with Crippen LogP contribution in [0, 0.1) is 6.92 Å².